The Bertz CT molecular complexity index is 1050. The number of nitrogens with zero attached hydrogens (tertiary/aromatic N) is 3. The van der Waals surface area contributed by atoms with Crippen LogP contribution in [-0.2, 0) is 0 Å². The van der Waals surface area contributed by atoms with Crippen LogP contribution in [0, 0.1) is 13.8 Å². The second-order valence-corrected chi connectivity index (χ2v) is 7.07. The predicted molar refractivity (Wildman–Crippen MR) is 103 cm³/mol. The topological polar surface area (TPSA) is 38.7 Å². The van der Waals surface area contributed by atoms with E-state index < -0.39 is 0 Å². The predicted octanol–water partition coefficient (Wildman–Crippen LogP) is 3.77. The van der Waals surface area contributed by atoms with Gasteiger partial charge in [-0.1, -0.05) is 0 Å². The molecule has 2 aromatic carbocycles. The number of aromatic nitrogens is 3. The van der Waals surface area contributed by atoms with Crippen LogP contribution in [0.15, 0.2) is 60.9 Å². The maximum absolute atomic E-state index is 4.87. The quantitative estimate of drug-likeness (QED) is 0.493. The molecule has 0 saturated carbocycles. The summed E-state index contributed by atoms with van der Waals surface area (Å²) in [4.78, 5) is 13.5. The van der Waals surface area contributed by atoms with Crippen LogP contribution in [0.1, 0.15) is 11.1 Å². The molecule has 0 aliphatic rings. The summed E-state index contributed by atoms with van der Waals surface area (Å²) < 4.78 is 0.883. The zero-order valence-corrected chi connectivity index (χ0v) is 15.9. The Morgan fingerprint density at radius 3 is 2.00 bits per heavy atom. The fourth-order valence-electron chi connectivity index (χ4n) is 2.86. The Morgan fingerprint density at radius 2 is 1.36 bits per heavy atom. The first kappa shape index (κ1) is 16.0. The summed E-state index contributed by atoms with van der Waals surface area (Å²) in [6.45, 7) is 4.19. The van der Waals surface area contributed by atoms with E-state index in [0.29, 0.717) is 0 Å². The summed E-state index contributed by atoms with van der Waals surface area (Å²) in [6, 6.07) is 19.1. The molecule has 0 saturated heterocycles. The molecule has 25 heavy (non-hydrogen) atoms. The SMILES string of the molecule is Cc1ccc(-c2cc3c([As])ncnc3nc2-c2ccc(C)cc2)cc1. The van der Waals surface area contributed by atoms with Crippen molar-refractivity contribution in [2.24, 2.45) is 0 Å². The van der Waals surface area contributed by atoms with E-state index in [9.17, 15) is 0 Å². The van der Waals surface area contributed by atoms with Gasteiger partial charge in [0.2, 0.25) is 0 Å². The van der Waals surface area contributed by atoms with Gasteiger partial charge < -0.3 is 0 Å². The van der Waals surface area contributed by atoms with Crippen molar-refractivity contribution in [1.29, 1.82) is 0 Å². The first-order valence-electron chi connectivity index (χ1n) is 8.10. The monoisotopic (exact) mass is 385 g/mol. The maximum atomic E-state index is 4.87. The van der Waals surface area contributed by atoms with Gasteiger partial charge in [0, 0.05) is 0 Å². The van der Waals surface area contributed by atoms with Crippen molar-refractivity contribution >= 4 is 32.4 Å². The van der Waals surface area contributed by atoms with Crippen LogP contribution in [0.2, 0.25) is 0 Å². The fraction of sp³-hybridized carbons (Fsp3) is 0.0952. The molecular formula is C21H16AsN3. The Morgan fingerprint density at radius 1 is 0.760 bits per heavy atom. The molecule has 0 bridgehead atoms. The summed E-state index contributed by atoms with van der Waals surface area (Å²) in [5, 5.41) is 0.967. The van der Waals surface area contributed by atoms with Gasteiger partial charge in [-0.15, -0.1) is 0 Å². The van der Waals surface area contributed by atoms with E-state index in [-0.39, 0.29) is 0 Å². The summed E-state index contributed by atoms with van der Waals surface area (Å²) in [7, 11) is 0. The summed E-state index contributed by atoms with van der Waals surface area (Å²) in [6.07, 6.45) is 1.56. The molecule has 0 unspecified atom stereocenters. The molecule has 120 valence electrons. The molecule has 0 aliphatic carbocycles. The van der Waals surface area contributed by atoms with E-state index in [0.717, 1.165) is 37.9 Å². The average molecular weight is 385 g/mol. The molecular weight excluding hydrogens is 369 g/mol. The number of pyridine rings is 1. The van der Waals surface area contributed by atoms with Crippen molar-refractivity contribution in [3.05, 3.63) is 72.1 Å². The third-order valence-electron chi connectivity index (χ3n) is 4.29. The van der Waals surface area contributed by atoms with Crippen molar-refractivity contribution in [2.45, 2.75) is 13.8 Å². The van der Waals surface area contributed by atoms with Crippen molar-refractivity contribution in [2.75, 3.05) is 0 Å². The number of aryl methyl sites for hydroxylation is 2. The third-order valence-corrected chi connectivity index (χ3v) is 5.04. The minimum atomic E-state index is 0.720. The normalized spacial score (nSPS) is 11.0. The van der Waals surface area contributed by atoms with Gasteiger partial charge in [-0.25, -0.2) is 0 Å². The second kappa shape index (κ2) is 6.42. The van der Waals surface area contributed by atoms with Crippen molar-refractivity contribution in [3.63, 3.8) is 0 Å². The molecule has 0 N–H and O–H groups in total. The van der Waals surface area contributed by atoms with Crippen LogP contribution in [0.25, 0.3) is 33.4 Å². The molecule has 2 aromatic heterocycles. The first-order chi connectivity index (χ1) is 12.1. The van der Waals surface area contributed by atoms with Crippen LogP contribution >= 0.6 is 0 Å². The van der Waals surface area contributed by atoms with Gasteiger partial charge in [-0.2, -0.15) is 0 Å². The Labute approximate surface area is 155 Å². The van der Waals surface area contributed by atoms with Crippen LogP contribution in [-0.4, -0.2) is 31.8 Å². The Balaban J connectivity index is 2.03. The number of rotatable bonds is 2. The van der Waals surface area contributed by atoms with E-state index in [1.807, 2.05) is 0 Å². The first-order valence-corrected chi connectivity index (χ1v) is 9.04. The van der Waals surface area contributed by atoms with Gasteiger partial charge in [-0.3, -0.25) is 0 Å². The van der Waals surface area contributed by atoms with Gasteiger partial charge in [0.25, 0.3) is 0 Å². The Kier molecular flexibility index (Phi) is 4.10. The van der Waals surface area contributed by atoms with Gasteiger partial charge in [0.15, 0.2) is 0 Å². The van der Waals surface area contributed by atoms with Gasteiger partial charge >= 0.3 is 156 Å². The molecule has 0 aliphatic heterocycles. The standard InChI is InChI=1S/C21H16AsN3/c1-13-3-7-15(8-4-13)17-11-18-20(22)23-12-24-21(18)25-19(17)16-9-5-14(2)6-10-16/h3-12H,1-2H3. The average Bonchev–Trinajstić information content (AvgIpc) is 2.63. The molecule has 0 fully saturated rings. The minimum absolute atomic E-state index is 0.720. The number of hydrogen-bond acceptors (Lipinski definition) is 3. The second-order valence-electron chi connectivity index (χ2n) is 6.19. The van der Waals surface area contributed by atoms with Gasteiger partial charge in [0.1, 0.15) is 0 Å². The van der Waals surface area contributed by atoms with Crippen LogP contribution < -0.4 is 4.48 Å². The van der Waals surface area contributed by atoms with Crippen LogP contribution in [0.4, 0.5) is 0 Å². The van der Waals surface area contributed by atoms with Gasteiger partial charge in [0.05, 0.1) is 0 Å². The molecule has 2 radical (unpaired) electrons. The van der Waals surface area contributed by atoms with E-state index >= 15 is 0 Å². The fourth-order valence-corrected chi connectivity index (χ4v) is 3.31. The summed E-state index contributed by atoms with van der Waals surface area (Å²) in [5.74, 6) is 0. The molecule has 0 atom stereocenters. The molecule has 2 heterocycles. The zero-order chi connectivity index (χ0) is 17.4. The van der Waals surface area contributed by atoms with Crippen molar-refractivity contribution in [1.82, 2.24) is 15.0 Å². The number of hydrogen-bond donors (Lipinski definition) is 0. The molecule has 0 amide bonds. The van der Waals surface area contributed by atoms with E-state index in [1.165, 1.54) is 11.1 Å². The van der Waals surface area contributed by atoms with E-state index in [2.05, 4.69) is 95.3 Å². The van der Waals surface area contributed by atoms with E-state index in [4.69, 9.17) is 4.98 Å². The molecule has 4 heteroatoms. The number of fused-ring (bicyclic) bond motifs is 1. The van der Waals surface area contributed by atoms with Crippen molar-refractivity contribution < 1.29 is 0 Å². The summed E-state index contributed by atoms with van der Waals surface area (Å²) in [5.41, 5.74) is 7.47. The molecule has 4 aromatic rings. The zero-order valence-electron chi connectivity index (χ0n) is 14.1. The molecule has 4 rings (SSSR count). The third kappa shape index (κ3) is 3.08. The molecule has 0 spiro atoms. The molecule has 3 nitrogen and oxygen atoms in total. The van der Waals surface area contributed by atoms with Crippen LogP contribution in [0.5, 0.6) is 0 Å². The van der Waals surface area contributed by atoms with E-state index in [1.54, 1.807) is 6.33 Å². The summed E-state index contributed by atoms with van der Waals surface area (Å²) >= 11 is 2.50. The Hall–Kier alpha value is -2.51. The van der Waals surface area contributed by atoms with Crippen molar-refractivity contribution in [3.8, 4) is 22.4 Å². The number of benzene rings is 2. The van der Waals surface area contributed by atoms with Gasteiger partial charge in [-0.05, 0) is 0 Å². The van der Waals surface area contributed by atoms with Crippen LogP contribution in [0.3, 0.4) is 0 Å².